The van der Waals surface area contributed by atoms with Gasteiger partial charge in [-0.25, -0.2) is 4.39 Å². The van der Waals surface area contributed by atoms with Crippen LogP contribution in [0.3, 0.4) is 0 Å². The molecule has 0 N–H and O–H groups in total. The fraction of sp³-hybridized carbons (Fsp3) is 0.238. The van der Waals surface area contributed by atoms with Gasteiger partial charge in [0.15, 0.2) is 5.43 Å². The first-order valence-electron chi connectivity index (χ1n) is 8.83. The Morgan fingerprint density at radius 2 is 2.00 bits per heavy atom. The molecule has 5 nitrogen and oxygen atoms in total. The molecule has 1 aromatic heterocycles. The van der Waals surface area contributed by atoms with Crippen molar-refractivity contribution in [2.45, 2.75) is 12.5 Å². The van der Waals surface area contributed by atoms with Crippen LogP contribution >= 0.6 is 11.6 Å². The molecule has 0 radical (unpaired) electrons. The highest BCUT2D eigenvalue weighted by Crippen LogP contribution is 2.39. The summed E-state index contributed by atoms with van der Waals surface area (Å²) in [5.41, 5.74) is 0.282. The van der Waals surface area contributed by atoms with Gasteiger partial charge in [-0.15, -0.1) is 0 Å². The molecule has 1 unspecified atom stereocenters. The van der Waals surface area contributed by atoms with Gasteiger partial charge in [-0.05, 0) is 30.7 Å². The Hall–Kier alpha value is -2.70. The third-order valence-electron chi connectivity index (χ3n) is 4.88. The predicted molar refractivity (Wildman–Crippen MR) is 103 cm³/mol. The Labute approximate surface area is 165 Å². The largest absolute Gasteiger partial charge is 0.450 e. The highest BCUT2D eigenvalue weighted by atomic mass is 35.5. The summed E-state index contributed by atoms with van der Waals surface area (Å²) in [6, 6.07) is 9.90. The number of ether oxygens (including phenoxy) is 1. The maximum absolute atomic E-state index is 14.6. The molecular weight excluding hydrogens is 385 g/mol. The molecule has 3 aromatic rings. The molecule has 4 rings (SSSR count). The van der Waals surface area contributed by atoms with E-state index in [1.165, 1.54) is 17.0 Å². The van der Waals surface area contributed by atoms with E-state index in [4.69, 9.17) is 20.8 Å². The summed E-state index contributed by atoms with van der Waals surface area (Å²) in [5, 5.41) is 0.641. The summed E-state index contributed by atoms with van der Waals surface area (Å²) >= 11 is 6.03. The van der Waals surface area contributed by atoms with Crippen molar-refractivity contribution in [3.05, 3.63) is 80.4 Å². The van der Waals surface area contributed by atoms with Crippen molar-refractivity contribution in [2.75, 3.05) is 20.3 Å². The number of hydrogen-bond donors (Lipinski definition) is 0. The molecule has 144 valence electrons. The Morgan fingerprint density at radius 1 is 1.21 bits per heavy atom. The third-order valence-corrected chi connectivity index (χ3v) is 5.11. The monoisotopic (exact) mass is 401 g/mol. The van der Waals surface area contributed by atoms with Crippen LogP contribution in [0.4, 0.5) is 4.39 Å². The Kier molecular flexibility index (Phi) is 4.91. The van der Waals surface area contributed by atoms with Crippen LogP contribution in [0.15, 0.2) is 51.7 Å². The predicted octanol–water partition coefficient (Wildman–Crippen LogP) is 4.17. The van der Waals surface area contributed by atoms with E-state index >= 15 is 0 Å². The van der Waals surface area contributed by atoms with Crippen LogP contribution in [-0.2, 0) is 4.74 Å². The van der Waals surface area contributed by atoms with Gasteiger partial charge >= 0.3 is 0 Å². The molecule has 7 heteroatoms. The molecule has 0 saturated heterocycles. The van der Waals surface area contributed by atoms with Gasteiger partial charge in [0.05, 0.1) is 17.0 Å². The number of methoxy groups -OCH3 is 1. The highest BCUT2D eigenvalue weighted by Gasteiger charge is 2.43. The zero-order chi connectivity index (χ0) is 19.8. The van der Waals surface area contributed by atoms with E-state index in [1.54, 1.807) is 37.4 Å². The van der Waals surface area contributed by atoms with Crippen molar-refractivity contribution in [3.63, 3.8) is 0 Å². The lowest BCUT2D eigenvalue weighted by Gasteiger charge is -2.25. The number of hydrogen-bond acceptors (Lipinski definition) is 4. The number of fused-ring (bicyclic) bond motifs is 2. The lowest BCUT2D eigenvalue weighted by molar-refractivity contribution is 0.0706. The van der Waals surface area contributed by atoms with Crippen molar-refractivity contribution in [2.24, 2.45) is 0 Å². The molecule has 0 bridgehead atoms. The Bertz CT molecular complexity index is 1130. The SMILES string of the molecule is COCCCN1C(=O)c2oc3ccc(Cl)cc3c(=O)c2C1c1ccccc1F. The van der Waals surface area contributed by atoms with Gasteiger partial charge in [-0.1, -0.05) is 29.8 Å². The molecule has 0 spiro atoms. The summed E-state index contributed by atoms with van der Waals surface area (Å²) in [5.74, 6) is -0.978. The van der Waals surface area contributed by atoms with Crippen LogP contribution in [0.5, 0.6) is 0 Å². The number of halogens is 2. The lowest BCUT2D eigenvalue weighted by Crippen LogP contribution is -2.31. The fourth-order valence-corrected chi connectivity index (χ4v) is 3.79. The second-order valence-electron chi connectivity index (χ2n) is 6.58. The molecule has 1 aliphatic rings. The minimum absolute atomic E-state index is 0.0505. The first kappa shape index (κ1) is 18.7. The van der Waals surface area contributed by atoms with Gasteiger partial charge in [0.25, 0.3) is 5.91 Å². The van der Waals surface area contributed by atoms with Gasteiger partial charge in [-0.2, -0.15) is 0 Å². The molecule has 0 aliphatic carbocycles. The maximum atomic E-state index is 14.6. The minimum atomic E-state index is -0.861. The smallest absolute Gasteiger partial charge is 0.290 e. The number of carbonyl (C=O) groups excluding carboxylic acids is 1. The zero-order valence-electron chi connectivity index (χ0n) is 15.1. The summed E-state index contributed by atoms with van der Waals surface area (Å²) < 4.78 is 25.5. The summed E-state index contributed by atoms with van der Waals surface area (Å²) in [7, 11) is 1.57. The molecule has 2 aromatic carbocycles. The molecule has 1 atom stereocenters. The van der Waals surface area contributed by atoms with Crippen LogP contribution < -0.4 is 5.43 Å². The quantitative estimate of drug-likeness (QED) is 0.602. The number of benzene rings is 2. The topological polar surface area (TPSA) is 59.8 Å². The van der Waals surface area contributed by atoms with E-state index in [0.717, 1.165) is 0 Å². The lowest BCUT2D eigenvalue weighted by atomic mass is 9.98. The van der Waals surface area contributed by atoms with Crippen LogP contribution in [-0.4, -0.2) is 31.1 Å². The average Bonchev–Trinajstić information content (AvgIpc) is 2.96. The van der Waals surface area contributed by atoms with E-state index in [-0.39, 0.29) is 33.3 Å². The number of carbonyl (C=O) groups is 1. The third kappa shape index (κ3) is 2.99. The van der Waals surface area contributed by atoms with Gasteiger partial charge < -0.3 is 14.1 Å². The normalized spacial score (nSPS) is 16.0. The van der Waals surface area contributed by atoms with Crippen molar-refractivity contribution in [1.82, 2.24) is 4.90 Å². The molecule has 1 amide bonds. The molecule has 1 aliphatic heterocycles. The Balaban J connectivity index is 1.95. The number of rotatable bonds is 5. The molecule has 0 fully saturated rings. The van der Waals surface area contributed by atoms with Crippen LogP contribution in [0.25, 0.3) is 11.0 Å². The van der Waals surface area contributed by atoms with Gasteiger partial charge in [0, 0.05) is 30.8 Å². The average molecular weight is 402 g/mol. The van der Waals surface area contributed by atoms with E-state index in [0.29, 0.717) is 24.6 Å². The van der Waals surface area contributed by atoms with E-state index in [2.05, 4.69) is 0 Å². The van der Waals surface area contributed by atoms with Crippen molar-refractivity contribution in [1.29, 1.82) is 0 Å². The molecule has 2 heterocycles. The van der Waals surface area contributed by atoms with E-state index in [9.17, 15) is 14.0 Å². The second kappa shape index (κ2) is 7.37. The first-order chi connectivity index (χ1) is 13.5. The first-order valence-corrected chi connectivity index (χ1v) is 9.21. The van der Waals surface area contributed by atoms with Gasteiger partial charge in [0.1, 0.15) is 11.4 Å². The van der Waals surface area contributed by atoms with Crippen molar-refractivity contribution in [3.8, 4) is 0 Å². The number of amides is 1. The van der Waals surface area contributed by atoms with Crippen LogP contribution in [0, 0.1) is 5.82 Å². The zero-order valence-corrected chi connectivity index (χ0v) is 15.8. The van der Waals surface area contributed by atoms with Crippen LogP contribution in [0.1, 0.15) is 34.1 Å². The minimum Gasteiger partial charge on any atom is -0.450 e. The standard InChI is InChI=1S/C21H17ClFNO4/c1-27-10-4-9-24-18(13-5-2-3-6-15(13)23)17-19(25)14-11-12(22)7-8-16(14)28-20(17)21(24)26/h2-3,5-8,11,18H,4,9-10H2,1H3. The molecule has 0 saturated carbocycles. The summed E-state index contributed by atoms with van der Waals surface area (Å²) in [4.78, 5) is 27.8. The Morgan fingerprint density at radius 3 is 2.75 bits per heavy atom. The van der Waals surface area contributed by atoms with Crippen LogP contribution in [0.2, 0.25) is 5.02 Å². The van der Waals surface area contributed by atoms with E-state index in [1.807, 2.05) is 0 Å². The number of nitrogens with zero attached hydrogens (tertiary/aromatic N) is 1. The summed E-state index contributed by atoms with van der Waals surface area (Å²) in [6.45, 7) is 0.732. The van der Waals surface area contributed by atoms with E-state index < -0.39 is 17.8 Å². The van der Waals surface area contributed by atoms with Crippen molar-refractivity contribution >= 4 is 28.5 Å². The summed E-state index contributed by atoms with van der Waals surface area (Å²) in [6.07, 6.45) is 0.542. The van der Waals surface area contributed by atoms with Gasteiger partial charge in [-0.3, -0.25) is 9.59 Å². The van der Waals surface area contributed by atoms with Gasteiger partial charge in [0.2, 0.25) is 5.76 Å². The second-order valence-corrected chi connectivity index (χ2v) is 7.02. The molecule has 28 heavy (non-hydrogen) atoms. The fourth-order valence-electron chi connectivity index (χ4n) is 3.62. The molecular formula is C21H17ClFNO4. The highest BCUT2D eigenvalue weighted by molar-refractivity contribution is 6.31. The maximum Gasteiger partial charge on any atom is 0.290 e. The van der Waals surface area contributed by atoms with Crippen molar-refractivity contribution < 1.29 is 18.3 Å².